The third-order valence-electron chi connectivity index (χ3n) is 8.89. The van der Waals surface area contributed by atoms with Crippen molar-refractivity contribution in [1.29, 1.82) is 0 Å². The van der Waals surface area contributed by atoms with Gasteiger partial charge in [-0.3, -0.25) is 9.47 Å². The number of ether oxygens (including phenoxy) is 1. The fourth-order valence-corrected chi connectivity index (χ4v) is 6.71. The first-order valence-corrected chi connectivity index (χ1v) is 16.0. The van der Waals surface area contributed by atoms with Gasteiger partial charge in [0.05, 0.1) is 25.6 Å². The minimum absolute atomic E-state index is 0.0222. The number of nitrogens with one attached hydrogen (secondary N) is 3. The Balaban J connectivity index is 1.22. The molecule has 1 aliphatic heterocycles. The molecule has 2 aliphatic rings. The number of hydrogen-bond acceptors (Lipinski definition) is 8. The highest BCUT2D eigenvalue weighted by Crippen LogP contribution is 2.44. The zero-order chi connectivity index (χ0) is 31.5. The van der Waals surface area contributed by atoms with Crippen LogP contribution in [0.15, 0.2) is 54.9 Å². The first-order chi connectivity index (χ1) is 21.8. The van der Waals surface area contributed by atoms with Crippen LogP contribution in [0, 0.1) is 0 Å². The molecule has 2 amide bonds. The summed E-state index contributed by atoms with van der Waals surface area (Å²) in [7, 11) is 0. The third kappa shape index (κ3) is 6.51. The Kier molecular flexibility index (Phi) is 9.29. The van der Waals surface area contributed by atoms with Crippen molar-refractivity contribution in [2.24, 2.45) is 0 Å². The highest BCUT2D eigenvalue weighted by molar-refractivity contribution is 5.84. The summed E-state index contributed by atoms with van der Waals surface area (Å²) in [5.74, 6) is 1.23. The highest BCUT2D eigenvalue weighted by Gasteiger charge is 2.30. The molecular weight excluding hydrogens is 568 g/mol. The second kappa shape index (κ2) is 13.5. The second-order valence-electron chi connectivity index (χ2n) is 12.4. The van der Waals surface area contributed by atoms with E-state index in [4.69, 9.17) is 19.7 Å². The third-order valence-corrected chi connectivity index (χ3v) is 8.89. The Morgan fingerprint density at radius 1 is 1.00 bits per heavy atom. The van der Waals surface area contributed by atoms with Crippen molar-refractivity contribution in [1.82, 2.24) is 35.1 Å². The number of carbonyl (C=O) groups is 1. The Morgan fingerprint density at radius 3 is 2.33 bits per heavy atom. The molecule has 6 rings (SSSR count). The number of fused-ring (bicyclic) bond motifs is 4. The van der Waals surface area contributed by atoms with Crippen molar-refractivity contribution in [2.45, 2.75) is 77.4 Å². The number of benzene rings is 2. The molecule has 2 unspecified atom stereocenters. The lowest BCUT2D eigenvalue weighted by molar-refractivity contribution is -0.0207. The normalized spacial score (nSPS) is 17.8. The minimum Gasteiger partial charge on any atom is -0.394 e. The predicted octanol–water partition coefficient (Wildman–Crippen LogP) is 4.64. The second-order valence-corrected chi connectivity index (χ2v) is 12.4. The van der Waals surface area contributed by atoms with E-state index in [-0.39, 0.29) is 37.4 Å². The molecule has 0 saturated carbocycles. The van der Waals surface area contributed by atoms with Crippen LogP contribution in [-0.4, -0.2) is 80.0 Å². The lowest BCUT2D eigenvalue weighted by atomic mass is 9.97. The van der Waals surface area contributed by atoms with E-state index < -0.39 is 0 Å². The van der Waals surface area contributed by atoms with Crippen LogP contribution in [0.2, 0.25) is 0 Å². The van der Waals surface area contributed by atoms with Crippen LogP contribution in [0.1, 0.15) is 69.6 Å². The zero-order valence-corrected chi connectivity index (χ0v) is 26.5. The summed E-state index contributed by atoms with van der Waals surface area (Å²) in [6.07, 6.45) is 2.75. The molecule has 0 spiro atoms. The monoisotopic (exact) mass is 612 g/mol. The van der Waals surface area contributed by atoms with Crippen molar-refractivity contribution in [3.63, 3.8) is 0 Å². The Labute approximate surface area is 264 Å². The number of rotatable bonds is 12. The van der Waals surface area contributed by atoms with Crippen molar-refractivity contribution < 1.29 is 14.6 Å². The summed E-state index contributed by atoms with van der Waals surface area (Å²) < 4.78 is 7.98. The van der Waals surface area contributed by atoms with E-state index in [2.05, 4.69) is 97.1 Å². The number of hydrogen-bond donors (Lipinski definition) is 4. The predicted molar refractivity (Wildman–Crippen MR) is 175 cm³/mol. The summed E-state index contributed by atoms with van der Waals surface area (Å²) in [6.45, 7) is 10.7. The van der Waals surface area contributed by atoms with Gasteiger partial charge >= 0.3 is 6.03 Å². The average molecular weight is 613 g/mol. The molecule has 45 heavy (non-hydrogen) atoms. The molecule has 238 valence electrons. The molecule has 0 bridgehead atoms. The molecule has 2 aromatic heterocycles. The number of imidazole rings is 1. The van der Waals surface area contributed by atoms with Gasteiger partial charge in [0.25, 0.3) is 0 Å². The average Bonchev–Trinajstić information content (AvgIpc) is 3.76. The maximum Gasteiger partial charge on any atom is 0.315 e. The van der Waals surface area contributed by atoms with Gasteiger partial charge in [0.15, 0.2) is 22.8 Å². The maximum atomic E-state index is 12.7. The quantitative estimate of drug-likeness (QED) is 0.182. The summed E-state index contributed by atoms with van der Waals surface area (Å²) in [6, 6.07) is 17.6. The van der Waals surface area contributed by atoms with E-state index in [1.807, 2.05) is 4.57 Å². The summed E-state index contributed by atoms with van der Waals surface area (Å²) in [5.41, 5.74) is 6.35. The molecule has 11 heteroatoms. The first kappa shape index (κ1) is 30.9. The fraction of sp³-hybridized carbons (Fsp3) is 0.471. The van der Waals surface area contributed by atoms with Gasteiger partial charge in [0.2, 0.25) is 0 Å². The molecular formula is C34H44N8O3. The molecule has 3 heterocycles. The van der Waals surface area contributed by atoms with Crippen LogP contribution in [0.3, 0.4) is 0 Å². The van der Waals surface area contributed by atoms with Crippen LogP contribution < -0.4 is 16.0 Å². The molecule has 2 aromatic carbocycles. The number of carbonyl (C=O) groups excluding carboxylic acids is 1. The van der Waals surface area contributed by atoms with Crippen LogP contribution in [0.4, 0.5) is 10.6 Å². The van der Waals surface area contributed by atoms with Gasteiger partial charge in [-0.1, -0.05) is 48.5 Å². The van der Waals surface area contributed by atoms with Crippen LogP contribution in [0.25, 0.3) is 22.3 Å². The summed E-state index contributed by atoms with van der Waals surface area (Å²) in [4.78, 5) is 29.4. The van der Waals surface area contributed by atoms with Gasteiger partial charge < -0.3 is 25.8 Å². The summed E-state index contributed by atoms with van der Waals surface area (Å²) >= 11 is 0. The Morgan fingerprint density at radius 2 is 1.69 bits per heavy atom. The number of nitrogens with zero attached hydrogens (tertiary/aromatic N) is 5. The van der Waals surface area contributed by atoms with E-state index in [0.717, 1.165) is 19.4 Å². The van der Waals surface area contributed by atoms with Crippen LogP contribution in [-0.2, 0) is 11.3 Å². The smallest absolute Gasteiger partial charge is 0.315 e. The molecule has 4 N–H and O–H groups in total. The lowest BCUT2D eigenvalue weighted by Crippen LogP contribution is -2.44. The topological polar surface area (TPSA) is 129 Å². The molecule has 11 nitrogen and oxygen atoms in total. The van der Waals surface area contributed by atoms with Gasteiger partial charge in [0, 0.05) is 37.6 Å². The lowest BCUT2D eigenvalue weighted by Gasteiger charge is -2.30. The van der Waals surface area contributed by atoms with Crippen molar-refractivity contribution >= 4 is 23.0 Å². The molecule has 2 atom stereocenters. The Bertz CT molecular complexity index is 1580. The van der Waals surface area contributed by atoms with Crippen molar-refractivity contribution in [2.75, 3.05) is 31.6 Å². The van der Waals surface area contributed by atoms with E-state index in [0.29, 0.717) is 48.0 Å². The largest absolute Gasteiger partial charge is 0.394 e. The SMILES string of the molecule is CC(C)N(CCNC(=O)NCc1nc(NCC2c3ccccc3-c3ccccc32)c2ncn(C3CCC(CO)O3)c2n1)C(C)C. The van der Waals surface area contributed by atoms with Gasteiger partial charge in [-0.25, -0.2) is 19.7 Å². The molecule has 1 fully saturated rings. The summed E-state index contributed by atoms with van der Waals surface area (Å²) in [5, 5.41) is 19.1. The molecule has 0 radical (unpaired) electrons. The van der Waals surface area contributed by atoms with Crippen LogP contribution in [0.5, 0.6) is 0 Å². The minimum atomic E-state index is -0.280. The molecule has 4 aromatic rings. The fourth-order valence-electron chi connectivity index (χ4n) is 6.71. The van der Waals surface area contributed by atoms with Gasteiger partial charge in [0.1, 0.15) is 6.23 Å². The van der Waals surface area contributed by atoms with E-state index >= 15 is 0 Å². The van der Waals surface area contributed by atoms with E-state index in [1.165, 1.54) is 22.3 Å². The van der Waals surface area contributed by atoms with E-state index in [1.54, 1.807) is 6.33 Å². The van der Waals surface area contributed by atoms with Crippen LogP contribution >= 0.6 is 0 Å². The standard InChI is InChI=1S/C34H44N8O3/c1-21(2)41(22(3)4)16-15-35-34(44)37-18-29-39-32(31-33(40-29)42(20-38-31)30-14-13-23(19-43)45-30)36-17-28-26-11-7-5-9-24(26)25-10-6-8-12-27(25)28/h5-12,20-23,28,30,43H,13-19H2,1-4H3,(H2,35,37,44)(H,36,39,40). The highest BCUT2D eigenvalue weighted by atomic mass is 16.5. The van der Waals surface area contributed by atoms with Crippen molar-refractivity contribution in [3.8, 4) is 11.1 Å². The Hall–Kier alpha value is -4.06. The molecule has 1 aliphatic carbocycles. The van der Waals surface area contributed by atoms with Gasteiger partial charge in [-0.15, -0.1) is 0 Å². The van der Waals surface area contributed by atoms with Crippen molar-refractivity contribution in [3.05, 3.63) is 71.8 Å². The maximum absolute atomic E-state index is 12.7. The van der Waals surface area contributed by atoms with E-state index in [9.17, 15) is 9.90 Å². The first-order valence-electron chi connectivity index (χ1n) is 16.0. The zero-order valence-electron chi connectivity index (χ0n) is 26.5. The molecule has 1 saturated heterocycles. The van der Waals surface area contributed by atoms with Gasteiger partial charge in [-0.05, 0) is 62.8 Å². The number of aliphatic hydroxyl groups is 1. The number of urea groups is 1. The number of amides is 2. The number of aromatic nitrogens is 4. The van der Waals surface area contributed by atoms with Gasteiger partial charge in [-0.2, -0.15) is 0 Å². The number of aliphatic hydroxyl groups excluding tert-OH is 1. The number of anilines is 1.